The number of piperidine rings is 2. The minimum absolute atomic E-state index is 0.229. The molecule has 2 aliphatic heterocycles. The highest BCUT2D eigenvalue weighted by molar-refractivity contribution is 5.84. The van der Waals surface area contributed by atoms with Crippen LogP contribution in [0.4, 0.5) is 0 Å². The first-order valence-electron chi connectivity index (χ1n) is 8.23. The number of carbonyl (C=O) groups excluding carboxylic acids is 1. The highest BCUT2D eigenvalue weighted by Crippen LogP contribution is 2.38. The molecule has 21 heavy (non-hydrogen) atoms. The van der Waals surface area contributed by atoms with E-state index in [0.29, 0.717) is 32.4 Å². The summed E-state index contributed by atoms with van der Waals surface area (Å²) in [6.07, 6.45) is 4.65. The third-order valence-corrected chi connectivity index (χ3v) is 5.74. The van der Waals surface area contributed by atoms with Gasteiger partial charge in [-0.2, -0.15) is 0 Å². The summed E-state index contributed by atoms with van der Waals surface area (Å²) in [6.45, 7) is 6.94. The molecule has 2 saturated heterocycles. The number of hydrogen-bond acceptors (Lipinski definition) is 3. The maximum Gasteiger partial charge on any atom is 0.309 e. The predicted octanol–water partition coefficient (Wildman–Crippen LogP) is 1.87. The van der Waals surface area contributed by atoms with E-state index in [9.17, 15) is 14.7 Å². The average Bonchev–Trinajstić information content (AvgIpc) is 2.54. The number of rotatable bonds is 4. The van der Waals surface area contributed by atoms with E-state index in [2.05, 4.69) is 12.2 Å². The van der Waals surface area contributed by atoms with E-state index in [1.165, 1.54) is 0 Å². The lowest BCUT2D eigenvalue weighted by Crippen LogP contribution is -2.55. The Morgan fingerprint density at radius 3 is 2.14 bits per heavy atom. The molecule has 0 aromatic carbocycles. The molecule has 5 heteroatoms. The minimum Gasteiger partial charge on any atom is -0.481 e. The van der Waals surface area contributed by atoms with Crippen LogP contribution in [0.3, 0.4) is 0 Å². The molecule has 2 fully saturated rings. The van der Waals surface area contributed by atoms with Crippen molar-refractivity contribution in [3.8, 4) is 0 Å². The lowest BCUT2D eigenvalue weighted by molar-refractivity contribution is -0.157. The van der Waals surface area contributed by atoms with Gasteiger partial charge in [-0.3, -0.25) is 9.59 Å². The number of aliphatic carboxylic acids is 1. The summed E-state index contributed by atoms with van der Waals surface area (Å²) < 4.78 is 0. The molecular weight excluding hydrogens is 268 g/mol. The lowest BCUT2D eigenvalue weighted by atomic mass is 9.73. The number of carboxylic acid groups (broad SMARTS) is 1. The van der Waals surface area contributed by atoms with Gasteiger partial charge in [-0.15, -0.1) is 0 Å². The van der Waals surface area contributed by atoms with Crippen LogP contribution < -0.4 is 5.32 Å². The van der Waals surface area contributed by atoms with Crippen molar-refractivity contribution >= 4 is 11.9 Å². The Morgan fingerprint density at radius 1 is 1.10 bits per heavy atom. The van der Waals surface area contributed by atoms with Crippen molar-refractivity contribution in [1.82, 2.24) is 10.2 Å². The van der Waals surface area contributed by atoms with Crippen LogP contribution in [0.25, 0.3) is 0 Å². The summed E-state index contributed by atoms with van der Waals surface area (Å²) >= 11 is 0. The summed E-state index contributed by atoms with van der Waals surface area (Å²) in [4.78, 5) is 26.3. The summed E-state index contributed by atoms with van der Waals surface area (Å²) in [6, 6.07) is 0. The van der Waals surface area contributed by atoms with Gasteiger partial charge in [-0.05, 0) is 45.1 Å². The van der Waals surface area contributed by atoms with Gasteiger partial charge in [0.1, 0.15) is 0 Å². The molecule has 2 aliphatic rings. The Hall–Kier alpha value is -1.10. The molecular formula is C16H28N2O3. The van der Waals surface area contributed by atoms with Gasteiger partial charge in [0.25, 0.3) is 0 Å². The second-order valence-corrected chi connectivity index (χ2v) is 6.65. The number of amides is 1. The molecule has 0 spiro atoms. The highest BCUT2D eigenvalue weighted by atomic mass is 16.4. The monoisotopic (exact) mass is 296 g/mol. The standard InChI is InChI=1S/C16H28N2O3/c1-3-15(14(20)21)7-10-18(11-8-15)13(19)16(4-2)6-5-9-17-12-16/h17H,3-12H2,1-2H3,(H,20,21). The van der Waals surface area contributed by atoms with Crippen molar-refractivity contribution in [3.05, 3.63) is 0 Å². The van der Waals surface area contributed by atoms with Crippen molar-refractivity contribution in [2.75, 3.05) is 26.2 Å². The van der Waals surface area contributed by atoms with Gasteiger partial charge in [-0.1, -0.05) is 13.8 Å². The summed E-state index contributed by atoms with van der Waals surface area (Å²) in [7, 11) is 0. The van der Waals surface area contributed by atoms with Gasteiger partial charge < -0.3 is 15.3 Å². The SMILES string of the molecule is CCC1(C(=O)O)CCN(C(=O)C2(CC)CCCNC2)CC1. The molecule has 0 radical (unpaired) electrons. The van der Waals surface area contributed by atoms with Crippen LogP contribution in [-0.4, -0.2) is 48.1 Å². The van der Waals surface area contributed by atoms with Crippen LogP contribution in [0.5, 0.6) is 0 Å². The number of nitrogens with one attached hydrogen (secondary N) is 1. The lowest BCUT2D eigenvalue weighted by Gasteiger charge is -2.44. The van der Waals surface area contributed by atoms with E-state index >= 15 is 0 Å². The van der Waals surface area contributed by atoms with E-state index in [1.807, 2.05) is 11.8 Å². The van der Waals surface area contributed by atoms with Crippen LogP contribution in [0.2, 0.25) is 0 Å². The maximum atomic E-state index is 12.9. The molecule has 2 N–H and O–H groups in total. The topological polar surface area (TPSA) is 69.6 Å². The quantitative estimate of drug-likeness (QED) is 0.831. The number of carboxylic acids is 1. The van der Waals surface area contributed by atoms with E-state index in [1.54, 1.807) is 0 Å². The maximum absolute atomic E-state index is 12.9. The van der Waals surface area contributed by atoms with Crippen LogP contribution >= 0.6 is 0 Å². The first-order valence-corrected chi connectivity index (χ1v) is 8.23. The Balaban J connectivity index is 2.04. The fraction of sp³-hybridized carbons (Fsp3) is 0.875. The first-order chi connectivity index (χ1) is 9.99. The van der Waals surface area contributed by atoms with Crippen LogP contribution in [0.1, 0.15) is 52.4 Å². The van der Waals surface area contributed by atoms with Crippen LogP contribution in [0, 0.1) is 10.8 Å². The summed E-state index contributed by atoms with van der Waals surface area (Å²) in [5.74, 6) is -0.478. The smallest absolute Gasteiger partial charge is 0.309 e. The molecule has 2 rings (SSSR count). The van der Waals surface area contributed by atoms with E-state index in [0.717, 1.165) is 32.4 Å². The van der Waals surface area contributed by atoms with Gasteiger partial charge in [0.2, 0.25) is 5.91 Å². The largest absolute Gasteiger partial charge is 0.481 e. The molecule has 0 bridgehead atoms. The molecule has 0 saturated carbocycles. The van der Waals surface area contributed by atoms with Crippen molar-refractivity contribution in [2.45, 2.75) is 52.4 Å². The number of carbonyl (C=O) groups is 2. The van der Waals surface area contributed by atoms with E-state index < -0.39 is 11.4 Å². The van der Waals surface area contributed by atoms with E-state index in [-0.39, 0.29) is 11.3 Å². The van der Waals surface area contributed by atoms with Gasteiger partial charge in [0, 0.05) is 19.6 Å². The Labute approximate surface area is 127 Å². The third-order valence-electron chi connectivity index (χ3n) is 5.74. The molecule has 1 amide bonds. The summed E-state index contributed by atoms with van der Waals surface area (Å²) in [5, 5.41) is 12.8. The van der Waals surface area contributed by atoms with Crippen molar-refractivity contribution in [3.63, 3.8) is 0 Å². The van der Waals surface area contributed by atoms with Crippen LogP contribution in [-0.2, 0) is 9.59 Å². The normalized spacial score (nSPS) is 29.1. The highest BCUT2D eigenvalue weighted by Gasteiger charge is 2.45. The Kier molecular flexibility index (Phi) is 4.91. The first kappa shape index (κ1) is 16.3. The zero-order valence-corrected chi connectivity index (χ0v) is 13.3. The molecule has 0 aromatic heterocycles. The van der Waals surface area contributed by atoms with Gasteiger partial charge in [0.15, 0.2) is 0 Å². The number of likely N-dealkylation sites (tertiary alicyclic amines) is 1. The zero-order chi connectivity index (χ0) is 15.5. The third kappa shape index (κ3) is 2.93. The van der Waals surface area contributed by atoms with Gasteiger partial charge >= 0.3 is 5.97 Å². The molecule has 0 aliphatic carbocycles. The number of hydrogen-bond donors (Lipinski definition) is 2. The Bertz CT molecular complexity index is 394. The average molecular weight is 296 g/mol. The molecule has 2 heterocycles. The van der Waals surface area contributed by atoms with E-state index in [4.69, 9.17) is 0 Å². The Morgan fingerprint density at radius 2 is 1.71 bits per heavy atom. The van der Waals surface area contributed by atoms with Gasteiger partial charge in [-0.25, -0.2) is 0 Å². The molecule has 1 atom stereocenters. The fourth-order valence-corrected chi connectivity index (χ4v) is 3.80. The molecule has 1 unspecified atom stereocenters. The zero-order valence-electron chi connectivity index (χ0n) is 13.3. The minimum atomic E-state index is -0.707. The van der Waals surface area contributed by atoms with Gasteiger partial charge in [0.05, 0.1) is 10.8 Å². The predicted molar refractivity (Wildman–Crippen MR) is 81.0 cm³/mol. The number of nitrogens with zero attached hydrogens (tertiary/aromatic N) is 1. The molecule has 0 aromatic rings. The second kappa shape index (κ2) is 6.34. The fourth-order valence-electron chi connectivity index (χ4n) is 3.80. The van der Waals surface area contributed by atoms with Crippen molar-refractivity contribution < 1.29 is 14.7 Å². The summed E-state index contributed by atoms with van der Waals surface area (Å²) in [5.41, 5.74) is -0.894. The van der Waals surface area contributed by atoms with Crippen molar-refractivity contribution in [1.29, 1.82) is 0 Å². The molecule has 5 nitrogen and oxygen atoms in total. The van der Waals surface area contributed by atoms with Crippen molar-refractivity contribution in [2.24, 2.45) is 10.8 Å². The molecule has 120 valence electrons. The van der Waals surface area contributed by atoms with Crippen LogP contribution in [0.15, 0.2) is 0 Å². The second-order valence-electron chi connectivity index (χ2n) is 6.65.